The molecule has 7 nitrogen and oxygen atoms in total. The molecule has 1 saturated heterocycles. The van der Waals surface area contributed by atoms with Gasteiger partial charge in [0.05, 0.1) is 17.1 Å². The number of piperidine rings is 1. The van der Waals surface area contributed by atoms with Crippen LogP contribution in [0, 0.1) is 5.92 Å². The third kappa shape index (κ3) is 3.46. The van der Waals surface area contributed by atoms with Crippen LogP contribution in [0.1, 0.15) is 19.8 Å². The van der Waals surface area contributed by atoms with E-state index in [2.05, 4.69) is 20.2 Å². The molecule has 124 valence electrons. The summed E-state index contributed by atoms with van der Waals surface area (Å²) in [4.78, 5) is 31.2. The van der Waals surface area contributed by atoms with E-state index in [1.807, 2.05) is 6.92 Å². The summed E-state index contributed by atoms with van der Waals surface area (Å²) in [6.45, 7) is 3.77. The molecule has 0 bridgehead atoms. The van der Waals surface area contributed by atoms with Crippen molar-refractivity contribution in [1.29, 1.82) is 0 Å². The van der Waals surface area contributed by atoms with Crippen LogP contribution >= 0.6 is 0 Å². The van der Waals surface area contributed by atoms with Gasteiger partial charge in [-0.3, -0.25) is 9.69 Å². The predicted molar refractivity (Wildman–Crippen MR) is 88.4 cm³/mol. The zero-order valence-corrected chi connectivity index (χ0v) is 13.1. The van der Waals surface area contributed by atoms with E-state index in [1.54, 1.807) is 18.2 Å². The summed E-state index contributed by atoms with van der Waals surface area (Å²) < 4.78 is 0. The average Bonchev–Trinajstić information content (AvgIpc) is 2.93. The Morgan fingerprint density at radius 3 is 2.74 bits per heavy atom. The highest BCUT2D eigenvalue weighted by Gasteiger charge is 2.26. The van der Waals surface area contributed by atoms with Gasteiger partial charge in [0, 0.05) is 12.3 Å². The molecule has 23 heavy (non-hydrogen) atoms. The fraction of sp³-hybridized carbons (Fsp3) is 0.500. The van der Waals surface area contributed by atoms with Crippen molar-refractivity contribution < 1.29 is 9.90 Å². The molecule has 3 rings (SSSR count). The first-order valence-corrected chi connectivity index (χ1v) is 7.94. The van der Waals surface area contributed by atoms with Crippen molar-refractivity contribution in [1.82, 2.24) is 14.9 Å². The van der Waals surface area contributed by atoms with Crippen molar-refractivity contribution >= 4 is 22.6 Å². The third-order valence-corrected chi connectivity index (χ3v) is 4.62. The quantitative estimate of drug-likeness (QED) is 0.672. The van der Waals surface area contributed by atoms with Gasteiger partial charge >= 0.3 is 5.69 Å². The molecule has 7 heteroatoms. The standard InChI is InChI=1S/C16H22N4O3/c1-10(20-6-4-11(9-21)5-7-20)15(22)17-12-2-3-13-14(8-12)19-16(23)18-13/h2-3,8,10-11,21H,4-7,9H2,1H3,(H,17,22)(H2,18,19,23). The molecule has 1 unspecified atom stereocenters. The van der Waals surface area contributed by atoms with Gasteiger partial charge < -0.3 is 20.4 Å². The topological polar surface area (TPSA) is 101 Å². The minimum Gasteiger partial charge on any atom is -0.396 e. The number of carbonyl (C=O) groups is 1. The molecular weight excluding hydrogens is 296 g/mol. The van der Waals surface area contributed by atoms with Crippen LogP contribution in [0.5, 0.6) is 0 Å². The SMILES string of the molecule is CC(C(=O)Nc1ccc2[nH]c(=O)[nH]c2c1)N1CCC(CO)CC1. The number of hydrogen-bond donors (Lipinski definition) is 4. The van der Waals surface area contributed by atoms with Crippen molar-refractivity contribution in [3.63, 3.8) is 0 Å². The number of nitrogens with one attached hydrogen (secondary N) is 3. The van der Waals surface area contributed by atoms with Crippen LogP contribution in [0.4, 0.5) is 5.69 Å². The minimum absolute atomic E-state index is 0.0651. The van der Waals surface area contributed by atoms with E-state index in [4.69, 9.17) is 0 Å². The number of aliphatic hydroxyl groups excluding tert-OH is 1. The van der Waals surface area contributed by atoms with Crippen LogP contribution in [-0.2, 0) is 4.79 Å². The molecule has 0 radical (unpaired) electrons. The Bertz CT molecular complexity index is 743. The molecule has 4 N–H and O–H groups in total. The Morgan fingerprint density at radius 2 is 2.04 bits per heavy atom. The summed E-state index contributed by atoms with van der Waals surface area (Å²) in [5.74, 6) is 0.291. The number of hydrogen-bond acceptors (Lipinski definition) is 4. The molecule has 1 aromatic heterocycles. The first-order valence-electron chi connectivity index (χ1n) is 7.94. The highest BCUT2D eigenvalue weighted by molar-refractivity contribution is 5.96. The van der Waals surface area contributed by atoms with E-state index in [-0.39, 0.29) is 24.2 Å². The Kier molecular flexibility index (Phi) is 4.49. The fourth-order valence-electron chi connectivity index (χ4n) is 3.05. The molecule has 1 aromatic carbocycles. The molecule has 0 spiro atoms. The van der Waals surface area contributed by atoms with E-state index in [0.717, 1.165) is 25.9 Å². The van der Waals surface area contributed by atoms with Gasteiger partial charge in [-0.2, -0.15) is 0 Å². The maximum Gasteiger partial charge on any atom is 0.323 e. The average molecular weight is 318 g/mol. The molecule has 1 atom stereocenters. The van der Waals surface area contributed by atoms with Crippen molar-refractivity contribution in [3.8, 4) is 0 Å². The second kappa shape index (κ2) is 6.55. The van der Waals surface area contributed by atoms with Gasteiger partial charge in [-0.1, -0.05) is 0 Å². The van der Waals surface area contributed by atoms with Crippen LogP contribution < -0.4 is 11.0 Å². The lowest BCUT2D eigenvalue weighted by atomic mass is 9.97. The van der Waals surface area contributed by atoms with Gasteiger partial charge in [-0.15, -0.1) is 0 Å². The number of rotatable bonds is 4. The summed E-state index contributed by atoms with van der Waals surface area (Å²) in [6, 6.07) is 5.06. The summed E-state index contributed by atoms with van der Waals surface area (Å²) in [5.41, 5.74) is 1.79. The predicted octanol–water partition coefficient (Wildman–Crippen LogP) is 0.887. The number of aliphatic hydroxyl groups is 1. The highest BCUT2D eigenvalue weighted by atomic mass is 16.3. The molecule has 1 amide bonds. The number of benzene rings is 1. The van der Waals surface area contributed by atoms with Crippen LogP contribution in [0.2, 0.25) is 0 Å². The number of H-pyrrole nitrogens is 2. The van der Waals surface area contributed by atoms with E-state index in [0.29, 0.717) is 22.6 Å². The largest absolute Gasteiger partial charge is 0.396 e. The van der Waals surface area contributed by atoms with Crippen molar-refractivity contribution in [3.05, 3.63) is 28.7 Å². The minimum atomic E-state index is -0.261. The molecule has 0 aliphatic carbocycles. The Hall–Kier alpha value is -2.12. The lowest BCUT2D eigenvalue weighted by Crippen LogP contribution is -2.46. The number of aromatic nitrogens is 2. The number of nitrogens with zero attached hydrogens (tertiary/aromatic N) is 1. The van der Waals surface area contributed by atoms with Gasteiger partial charge in [0.1, 0.15) is 0 Å². The first kappa shape index (κ1) is 15.8. The van der Waals surface area contributed by atoms with Crippen LogP contribution in [0.3, 0.4) is 0 Å². The first-order chi connectivity index (χ1) is 11.1. The smallest absolute Gasteiger partial charge is 0.323 e. The van der Waals surface area contributed by atoms with Crippen LogP contribution in [-0.4, -0.2) is 51.6 Å². The monoisotopic (exact) mass is 318 g/mol. The third-order valence-electron chi connectivity index (χ3n) is 4.62. The van der Waals surface area contributed by atoms with Crippen LogP contribution in [0.25, 0.3) is 11.0 Å². The Morgan fingerprint density at radius 1 is 1.35 bits per heavy atom. The van der Waals surface area contributed by atoms with Gasteiger partial charge in [0.2, 0.25) is 5.91 Å². The second-order valence-corrected chi connectivity index (χ2v) is 6.17. The highest BCUT2D eigenvalue weighted by Crippen LogP contribution is 2.20. The Labute approximate surface area is 133 Å². The van der Waals surface area contributed by atoms with Crippen LogP contribution in [0.15, 0.2) is 23.0 Å². The fourth-order valence-corrected chi connectivity index (χ4v) is 3.05. The summed E-state index contributed by atoms with van der Waals surface area (Å²) in [7, 11) is 0. The number of fused-ring (bicyclic) bond motifs is 1. The molecule has 2 heterocycles. The van der Waals surface area contributed by atoms with E-state index in [9.17, 15) is 14.7 Å². The van der Waals surface area contributed by atoms with Crippen molar-refractivity contribution in [2.24, 2.45) is 5.92 Å². The van der Waals surface area contributed by atoms with E-state index >= 15 is 0 Å². The van der Waals surface area contributed by atoms with Crippen molar-refractivity contribution in [2.75, 3.05) is 25.0 Å². The summed E-state index contributed by atoms with van der Waals surface area (Å²) >= 11 is 0. The summed E-state index contributed by atoms with van der Waals surface area (Å²) in [5, 5.41) is 12.1. The number of carbonyl (C=O) groups excluding carboxylic acids is 1. The van der Waals surface area contributed by atoms with Crippen molar-refractivity contribution in [2.45, 2.75) is 25.8 Å². The number of likely N-dealkylation sites (tertiary alicyclic amines) is 1. The molecule has 1 aliphatic heterocycles. The van der Waals surface area contributed by atoms with E-state index in [1.165, 1.54) is 0 Å². The molecule has 2 aromatic rings. The normalized spacial score (nSPS) is 18.2. The molecule has 1 fully saturated rings. The molecule has 0 saturated carbocycles. The second-order valence-electron chi connectivity index (χ2n) is 6.17. The van der Waals surface area contributed by atoms with Gasteiger partial charge in [-0.05, 0) is 57.0 Å². The number of aromatic amines is 2. The number of imidazole rings is 1. The lowest BCUT2D eigenvalue weighted by molar-refractivity contribution is -0.121. The number of anilines is 1. The summed E-state index contributed by atoms with van der Waals surface area (Å²) in [6.07, 6.45) is 1.84. The number of amides is 1. The van der Waals surface area contributed by atoms with E-state index < -0.39 is 0 Å². The zero-order chi connectivity index (χ0) is 16.4. The Balaban J connectivity index is 1.64. The maximum atomic E-state index is 12.4. The van der Waals surface area contributed by atoms with Gasteiger partial charge in [-0.25, -0.2) is 4.79 Å². The zero-order valence-electron chi connectivity index (χ0n) is 13.1. The maximum absolute atomic E-state index is 12.4. The molecule has 1 aliphatic rings. The van der Waals surface area contributed by atoms with Gasteiger partial charge in [0.15, 0.2) is 0 Å². The lowest BCUT2D eigenvalue weighted by Gasteiger charge is -2.34. The molecular formula is C16H22N4O3. The van der Waals surface area contributed by atoms with Gasteiger partial charge in [0.25, 0.3) is 0 Å².